The molecule has 0 atom stereocenters. The summed E-state index contributed by atoms with van der Waals surface area (Å²) in [6.45, 7) is 0. The molecule has 0 unspecified atom stereocenters. The second-order valence-electron chi connectivity index (χ2n) is 4.24. The number of aromatic nitrogens is 4. The highest BCUT2D eigenvalue weighted by Gasteiger charge is 2.19. The molecule has 2 aromatic heterocycles. The van der Waals surface area contributed by atoms with E-state index in [1.165, 1.54) is 18.3 Å². The lowest BCUT2D eigenvalue weighted by atomic mass is 10.2. The molecule has 0 aliphatic rings. The molecule has 114 valence electrons. The SMILES string of the molecule is N#CNc1nc2cc(Sc3ncc[nH]3)c([N+](=O)[O-])cc2[nH]c1=O. The van der Waals surface area contributed by atoms with Crippen LogP contribution >= 0.6 is 11.8 Å². The van der Waals surface area contributed by atoms with Crippen molar-refractivity contribution in [2.24, 2.45) is 0 Å². The van der Waals surface area contributed by atoms with Crippen LogP contribution in [0.1, 0.15) is 0 Å². The van der Waals surface area contributed by atoms with Crippen molar-refractivity contribution in [1.29, 1.82) is 5.26 Å². The second-order valence-corrected chi connectivity index (χ2v) is 5.27. The number of anilines is 1. The summed E-state index contributed by atoms with van der Waals surface area (Å²) in [5.41, 5.74) is -0.312. The van der Waals surface area contributed by atoms with Gasteiger partial charge in [0.1, 0.15) is 0 Å². The molecule has 0 amide bonds. The lowest BCUT2D eigenvalue weighted by Crippen LogP contribution is -2.13. The molecular formula is C12H7N7O3S. The summed E-state index contributed by atoms with van der Waals surface area (Å²) >= 11 is 1.06. The zero-order chi connectivity index (χ0) is 16.4. The van der Waals surface area contributed by atoms with Crippen LogP contribution < -0.4 is 10.9 Å². The van der Waals surface area contributed by atoms with Crippen molar-refractivity contribution in [3.05, 3.63) is 45.0 Å². The average Bonchev–Trinajstić information content (AvgIpc) is 3.01. The Labute approximate surface area is 131 Å². The molecule has 0 saturated carbocycles. The first-order chi connectivity index (χ1) is 11.1. The Morgan fingerprint density at radius 1 is 1.43 bits per heavy atom. The van der Waals surface area contributed by atoms with Crippen LogP contribution in [0, 0.1) is 21.6 Å². The maximum atomic E-state index is 11.7. The second kappa shape index (κ2) is 5.78. The van der Waals surface area contributed by atoms with Crippen molar-refractivity contribution >= 4 is 34.3 Å². The van der Waals surface area contributed by atoms with Crippen molar-refractivity contribution < 1.29 is 4.92 Å². The highest BCUT2D eigenvalue weighted by atomic mass is 32.2. The van der Waals surface area contributed by atoms with Gasteiger partial charge in [-0.25, -0.2) is 9.97 Å². The summed E-state index contributed by atoms with van der Waals surface area (Å²) in [5, 5.41) is 22.5. The Hall–Kier alpha value is -3.39. The van der Waals surface area contributed by atoms with Gasteiger partial charge >= 0.3 is 0 Å². The first-order valence-corrected chi connectivity index (χ1v) is 6.95. The van der Waals surface area contributed by atoms with Gasteiger partial charge in [-0.1, -0.05) is 0 Å². The summed E-state index contributed by atoms with van der Waals surface area (Å²) in [4.78, 5) is 36.0. The van der Waals surface area contributed by atoms with Crippen LogP contribution in [0.3, 0.4) is 0 Å². The maximum Gasteiger partial charge on any atom is 0.292 e. The molecule has 1 aromatic carbocycles. The van der Waals surface area contributed by atoms with Gasteiger partial charge in [0, 0.05) is 18.5 Å². The Bertz CT molecular complexity index is 990. The fourth-order valence-corrected chi connectivity index (χ4v) is 2.73. The van der Waals surface area contributed by atoms with Gasteiger partial charge in [0.05, 0.1) is 20.9 Å². The summed E-state index contributed by atoms with van der Waals surface area (Å²) in [6.07, 6.45) is 4.73. The molecule has 0 radical (unpaired) electrons. The zero-order valence-electron chi connectivity index (χ0n) is 11.2. The van der Waals surface area contributed by atoms with E-state index >= 15 is 0 Å². The highest BCUT2D eigenvalue weighted by molar-refractivity contribution is 7.99. The van der Waals surface area contributed by atoms with Gasteiger partial charge in [-0.2, -0.15) is 5.26 Å². The van der Waals surface area contributed by atoms with E-state index in [-0.39, 0.29) is 17.0 Å². The fraction of sp³-hybridized carbons (Fsp3) is 0. The van der Waals surface area contributed by atoms with Gasteiger partial charge in [0.15, 0.2) is 11.3 Å². The lowest BCUT2D eigenvalue weighted by Gasteiger charge is -2.04. The molecule has 3 rings (SSSR count). The van der Waals surface area contributed by atoms with Crippen molar-refractivity contribution in [1.82, 2.24) is 19.9 Å². The number of nitrogens with zero attached hydrogens (tertiary/aromatic N) is 4. The van der Waals surface area contributed by atoms with Crippen molar-refractivity contribution in [3.8, 4) is 6.19 Å². The van der Waals surface area contributed by atoms with E-state index in [1.54, 1.807) is 12.4 Å². The van der Waals surface area contributed by atoms with Crippen molar-refractivity contribution in [2.45, 2.75) is 10.1 Å². The number of rotatable bonds is 4. The number of imidazole rings is 1. The fourth-order valence-electron chi connectivity index (χ4n) is 1.88. The number of fused-ring (bicyclic) bond motifs is 1. The molecule has 10 nitrogen and oxygen atoms in total. The lowest BCUT2D eigenvalue weighted by molar-refractivity contribution is -0.387. The number of nitro benzene ring substituents is 1. The van der Waals surface area contributed by atoms with Crippen LogP contribution in [-0.4, -0.2) is 24.9 Å². The predicted octanol–water partition coefficient (Wildman–Crippen LogP) is 1.60. The molecule has 0 spiro atoms. The zero-order valence-corrected chi connectivity index (χ0v) is 12.0. The standard InChI is InChI=1S/C12H7N7O3S/c13-5-16-10-11(20)18-6-3-8(19(21)22)9(4-7(6)17-10)23-12-14-1-2-15-12/h1-4H,(H,14,15)(H,16,17)(H,18,20). The minimum Gasteiger partial charge on any atom is -0.339 e. The van der Waals surface area contributed by atoms with Crippen LogP contribution in [0.4, 0.5) is 11.5 Å². The molecule has 23 heavy (non-hydrogen) atoms. The van der Waals surface area contributed by atoms with Crippen LogP contribution in [0.25, 0.3) is 11.0 Å². The van der Waals surface area contributed by atoms with E-state index < -0.39 is 10.5 Å². The summed E-state index contributed by atoms with van der Waals surface area (Å²) in [6, 6.07) is 2.68. The van der Waals surface area contributed by atoms with Crippen LogP contribution in [0.2, 0.25) is 0 Å². The third-order valence-electron chi connectivity index (χ3n) is 2.82. The number of nitrogens with one attached hydrogen (secondary N) is 3. The van der Waals surface area contributed by atoms with Crippen molar-refractivity contribution in [2.75, 3.05) is 5.32 Å². The van der Waals surface area contributed by atoms with E-state index in [4.69, 9.17) is 5.26 Å². The molecular weight excluding hydrogens is 322 g/mol. The Morgan fingerprint density at radius 2 is 2.26 bits per heavy atom. The van der Waals surface area contributed by atoms with Gasteiger partial charge in [-0.3, -0.25) is 20.2 Å². The number of aromatic amines is 2. The average molecular weight is 329 g/mol. The molecule has 3 N–H and O–H groups in total. The number of H-pyrrole nitrogens is 2. The molecule has 3 aromatic rings. The molecule has 2 heterocycles. The first-order valence-electron chi connectivity index (χ1n) is 6.13. The highest BCUT2D eigenvalue weighted by Crippen LogP contribution is 2.35. The van der Waals surface area contributed by atoms with Crippen LogP contribution in [0.15, 0.2) is 39.4 Å². The quantitative estimate of drug-likeness (QED) is 0.282. The monoisotopic (exact) mass is 329 g/mol. The maximum absolute atomic E-state index is 11.7. The first kappa shape index (κ1) is 14.5. The van der Waals surface area contributed by atoms with E-state index in [0.717, 1.165) is 11.8 Å². The predicted molar refractivity (Wildman–Crippen MR) is 81.0 cm³/mol. The van der Waals surface area contributed by atoms with E-state index in [2.05, 4.69) is 25.3 Å². The minimum absolute atomic E-state index is 0.178. The summed E-state index contributed by atoms with van der Waals surface area (Å²) in [5.74, 6) is -0.178. The van der Waals surface area contributed by atoms with Gasteiger partial charge < -0.3 is 9.97 Å². The smallest absolute Gasteiger partial charge is 0.292 e. The molecule has 0 saturated heterocycles. The summed E-state index contributed by atoms with van der Waals surface area (Å²) in [7, 11) is 0. The number of nitro groups is 1. The molecule has 0 aliphatic heterocycles. The van der Waals surface area contributed by atoms with E-state index in [0.29, 0.717) is 15.6 Å². The number of nitriles is 1. The Kier molecular flexibility index (Phi) is 3.65. The number of benzene rings is 1. The van der Waals surface area contributed by atoms with Gasteiger partial charge in [-0.15, -0.1) is 0 Å². The van der Waals surface area contributed by atoms with Crippen LogP contribution in [0.5, 0.6) is 0 Å². The van der Waals surface area contributed by atoms with E-state index in [9.17, 15) is 14.9 Å². The molecule has 11 heteroatoms. The largest absolute Gasteiger partial charge is 0.339 e. The van der Waals surface area contributed by atoms with E-state index in [1.807, 2.05) is 0 Å². The van der Waals surface area contributed by atoms with Crippen molar-refractivity contribution in [3.63, 3.8) is 0 Å². The third-order valence-corrected chi connectivity index (χ3v) is 3.79. The minimum atomic E-state index is -0.639. The normalized spacial score (nSPS) is 10.4. The Balaban J connectivity index is 2.19. The summed E-state index contributed by atoms with van der Waals surface area (Å²) < 4.78 is 0. The Morgan fingerprint density at radius 3 is 2.91 bits per heavy atom. The van der Waals surface area contributed by atoms with Gasteiger partial charge in [0.2, 0.25) is 5.82 Å². The molecule has 0 aliphatic carbocycles. The molecule has 0 bridgehead atoms. The third kappa shape index (κ3) is 2.83. The molecule has 0 fully saturated rings. The number of hydrogen-bond acceptors (Lipinski definition) is 8. The topological polar surface area (TPSA) is 153 Å². The van der Waals surface area contributed by atoms with Crippen LogP contribution in [-0.2, 0) is 0 Å². The van der Waals surface area contributed by atoms with Gasteiger partial charge in [0.25, 0.3) is 11.2 Å². The van der Waals surface area contributed by atoms with Gasteiger partial charge in [-0.05, 0) is 17.8 Å². The number of hydrogen-bond donors (Lipinski definition) is 3.